The molecule has 1 aliphatic heterocycles. The summed E-state index contributed by atoms with van der Waals surface area (Å²) in [5.41, 5.74) is 4.26. The molecule has 2 nitrogen and oxygen atoms in total. The second-order valence-electron chi connectivity index (χ2n) is 5.80. The fraction of sp³-hybridized carbons (Fsp3) is 0.647. The zero-order valence-electron chi connectivity index (χ0n) is 12.7. The first-order chi connectivity index (χ1) is 9.22. The summed E-state index contributed by atoms with van der Waals surface area (Å²) in [7, 11) is 0. The third-order valence-corrected chi connectivity index (χ3v) is 4.16. The Hall–Kier alpha value is -1.02. The number of anilines is 1. The number of hydrogen-bond donors (Lipinski definition) is 1. The molecule has 1 saturated heterocycles. The van der Waals surface area contributed by atoms with Gasteiger partial charge in [0, 0.05) is 24.8 Å². The highest BCUT2D eigenvalue weighted by atomic mass is 15.2. The van der Waals surface area contributed by atoms with E-state index in [0.29, 0.717) is 6.04 Å². The van der Waals surface area contributed by atoms with Gasteiger partial charge in [0.05, 0.1) is 0 Å². The molecular weight excluding hydrogens is 232 g/mol. The lowest BCUT2D eigenvalue weighted by atomic mass is 10.1. The Labute approximate surface area is 118 Å². The van der Waals surface area contributed by atoms with Crippen LogP contribution in [0.4, 0.5) is 5.69 Å². The highest BCUT2D eigenvalue weighted by Gasteiger charge is 2.19. The molecule has 106 valence electrons. The second-order valence-corrected chi connectivity index (χ2v) is 5.80. The van der Waals surface area contributed by atoms with Crippen molar-refractivity contribution in [2.75, 3.05) is 18.0 Å². The Balaban J connectivity index is 2.25. The number of hydrogen-bond acceptors (Lipinski definition) is 2. The predicted octanol–water partition coefficient (Wildman–Crippen LogP) is 3.87. The van der Waals surface area contributed by atoms with E-state index in [0.717, 1.165) is 13.1 Å². The average Bonchev–Trinajstić information content (AvgIpc) is 2.61. The van der Waals surface area contributed by atoms with Crippen molar-refractivity contribution >= 4 is 5.69 Å². The van der Waals surface area contributed by atoms with Crippen molar-refractivity contribution in [1.29, 1.82) is 0 Å². The molecule has 1 aliphatic rings. The zero-order chi connectivity index (χ0) is 13.7. The molecule has 2 rings (SSSR count). The summed E-state index contributed by atoms with van der Waals surface area (Å²) in [6.45, 7) is 9.96. The average molecular weight is 260 g/mol. The number of nitrogens with one attached hydrogen (secondary N) is 1. The van der Waals surface area contributed by atoms with E-state index in [1.807, 2.05) is 0 Å². The smallest absolute Gasteiger partial charge is 0.0414 e. The molecule has 0 aliphatic carbocycles. The van der Waals surface area contributed by atoms with Crippen molar-refractivity contribution < 1.29 is 0 Å². The van der Waals surface area contributed by atoms with Crippen molar-refractivity contribution in [3.8, 4) is 0 Å². The standard InChI is InChI=1S/C17H28N2/c1-4-18-13-16-12-14(2)9-10-17(16)19-11-7-5-6-8-15(19)3/h9-10,12,15,18H,4-8,11,13H2,1-3H3. The normalized spacial score (nSPS) is 20.4. The van der Waals surface area contributed by atoms with Crippen molar-refractivity contribution in [2.45, 2.75) is 59.0 Å². The molecule has 1 unspecified atom stereocenters. The van der Waals surface area contributed by atoms with E-state index in [9.17, 15) is 0 Å². The van der Waals surface area contributed by atoms with Crippen LogP contribution in [0.1, 0.15) is 50.7 Å². The van der Waals surface area contributed by atoms with Crippen LogP contribution >= 0.6 is 0 Å². The van der Waals surface area contributed by atoms with Gasteiger partial charge >= 0.3 is 0 Å². The van der Waals surface area contributed by atoms with E-state index in [-0.39, 0.29) is 0 Å². The van der Waals surface area contributed by atoms with E-state index in [1.165, 1.54) is 49.0 Å². The molecule has 19 heavy (non-hydrogen) atoms. The van der Waals surface area contributed by atoms with Gasteiger partial charge in [-0.2, -0.15) is 0 Å². The van der Waals surface area contributed by atoms with Crippen molar-refractivity contribution in [3.63, 3.8) is 0 Å². The predicted molar refractivity (Wildman–Crippen MR) is 83.8 cm³/mol. The molecule has 0 bridgehead atoms. The first-order valence-electron chi connectivity index (χ1n) is 7.79. The first kappa shape index (κ1) is 14.4. The van der Waals surface area contributed by atoms with E-state index in [4.69, 9.17) is 0 Å². The lowest BCUT2D eigenvalue weighted by Gasteiger charge is -2.31. The maximum absolute atomic E-state index is 3.48. The molecule has 1 aromatic carbocycles. The Morgan fingerprint density at radius 3 is 2.89 bits per heavy atom. The lowest BCUT2D eigenvalue weighted by Crippen LogP contribution is -2.33. The van der Waals surface area contributed by atoms with Gasteiger partial charge in [0.15, 0.2) is 0 Å². The highest BCUT2D eigenvalue weighted by Crippen LogP contribution is 2.28. The second kappa shape index (κ2) is 6.95. The van der Waals surface area contributed by atoms with Gasteiger partial charge in [-0.15, -0.1) is 0 Å². The Bertz CT molecular complexity index is 400. The van der Waals surface area contributed by atoms with Crippen LogP contribution in [0.15, 0.2) is 18.2 Å². The summed E-state index contributed by atoms with van der Waals surface area (Å²) < 4.78 is 0. The quantitative estimate of drug-likeness (QED) is 0.884. The van der Waals surface area contributed by atoms with Crippen LogP contribution < -0.4 is 10.2 Å². The van der Waals surface area contributed by atoms with Crippen LogP contribution in [0.3, 0.4) is 0 Å². The molecule has 1 heterocycles. The number of benzene rings is 1. The van der Waals surface area contributed by atoms with Gasteiger partial charge in [-0.1, -0.05) is 37.5 Å². The summed E-state index contributed by atoms with van der Waals surface area (Å²) in [6, 6.07) is 7.59. The Kier molecular flexibility index (Phi) is 5.26. The van der Waals surface area contributed by atoms with Crippen LogP contribution in [-0.2, 0) is 6.54 Å². The summed E-state index contributed by atoms with van der Waals surface area (Å²) in [6.07, 6.45) is 5.43. The minimum Gasteiger partial charge on any atom is -0.369 e. The number of nitrogens with zero attached hydrogens (tertiary/aromatic N) is 1. The van der Waals surface area contributed by atoms with E-state index in [1.54, 1.807) is 0 Å². The molecule has 1 fully saturated rings. The van der Waals surface area contributed by atoms with E-state index < -0.39 is 0 Å². The van der Waals surface area contributed by atoms with Gasteiger partial charge in [0.2, 0.25) is 0 Å². The summed E-state index contributed by atoms with van der Waals surface area (Å²) in [5, 5.41) is 3.48. The number of rotatable bonds is 4. The molecule has 0 spiro atoms. The molecule has 1 aromatic rings. The summed E-state index contributed by atoms with van der Waals surface area (Å²) in [5.74, 6) is 0. The lowest BCUT2D eigenvalue weighted by molar-refractivity contribution is 0.612. The molecule has 0 aromatic heterocycles. The number of aryl methyl sites for hydroxylation is 1. The van der Waals surface area contributed by atoms with Crippen LogP contribution in [0.25, 0.3) is 0 Å². The molecule has 0 amide bonds. The largest absolute Gasteiger partial charge is 0.369 e. The third kappa shape index (κ3) is 3.73. The fourth-order valence-electron chi connectivity index (χ4n) is 3.03. The minimum atomic E-state index is 0.672. The molecule has 0 saturated carbocycles. The molecule has 0 radical (unpaired) electrons. The topological polar surface area (TPSA) is 15.3 Å². The SMILES string of the molecule is CCNCc1cc(C)ccc1N1CCCCCC1C. The molecular formula is C17H28N2. The maximum Gasteiger partial charge on any atom is 0.0414 e. The van der Waals surface area contributed by atoms with E-state index in [2.05, 4.69) is 49.2 Å². The summed E-state index contributed by atoms with van der Waals surface area (Å²) in [4.78, 5) is 2.62. The molecule has 1 N–H and O–H groups in total. The van der Waals surface area contributed by atoms with Crippen LogP contribution in [0.2, 0.25) is 0 Å². The highest BCUT2D eigenvalue weighted by molar-refractivity contribution is 5.55. The van der Waals surface area contributed by atoms with Gasteiger partial charge in [0.1, 0.15) is 0 Å². The maximum atomic E-state index is 3.48. The first-order valence-corrected chi connectivity index (χ1v) is 7.79. The fourth-order valence-corrected chi connectivity index (χ4v) is 3.03. The van der Waals surface area contributed by atoms with Crippen LogP contribution in [-0.4, -0.2) is 19.1 Å². The molecule has 2 heteroatoms. The van der Waals surface area contributed by atoms with Crippen LogP contribution in [0, 0.1) is 6.92 Å². The zero-order valence-corrected chi connectivity index (χ0v) is 12.7. The van der Waals surface area contributed by atoms with Gasteiger partial charge < -0.3 is 10.2 Å². The van der Waals surface area contributed by atoms with Crippen molar-refractivity contribution in [3.05, 3.63) is 29.3 Å². The van der Waals surface area contributed by atoms with Crippen molar-refractivity contribution in [1.82, 2.24) is 5.32 Å². The van der Waals surface area contributed by atoms with Gasteiger partial charge in [-0.05, 0) is 44.9 Å². The van der Waals surface area contributed by atoms with Gasteiger partial charge in [-0.25, -0.2) is 0 Å². The minimum absolute atomic E-state index is 0.672. The van der Waals surface area contributed by atoms with E-state index >= 15 is 0 Å². The van der Waals surface area contributed by atoms with Gasteiger partial charge in [0.25, 0.3) is 0 Å². The molecule has 1 atom stereocenters. The Morgan fingerprint density at radius 2 is 2.11 bits per heavy atom. The van der Waals surface area contributed by atoms with Gasteiger partial charge in [-0.3, -0.25) is 0 Å². The van der Waals surface area contributed by atoms with Crippen molar-refractivity contribution in [2.24, 2.45) is 0 Å². The summed E-state index contributed by atoms with van der Waals surface area (Å²) >= 11 is 0. The Morgan fingerprint density at radius 1 is 1.26 bits per heavy atom. The third-order valence-electron chi connectivity index (χ3n) is 4.16. The van der Waals surface area contributed by atoms with Crippen LogP contribution in [0.5, 0.6) is 0 Å². The monoisotopic (exact) mass is 260 g/mol.